The molecule has 0 amide bonds. The zero-order valence-corrected chi connectivity index (χ0v) is 12.6. The lowest BCUT2D eigenvalue weighted by Crippen LogP contribution is -2.32. The smallest absolute Gasteiger partial charge is 0.321 e. The summed E-state index contributed by atoms with van der Waals surface area (Å²) in [5.41, 5.74) is 0. The molecule has 5 nitrogen and oxygen atoms in total. The van der Waals surface area contributed by atoms with E-state index in [1.54, 1.807) is 18.4 Å². The number of halogens is 1. The van der Waals surface area contributed by atoms with Crippen molar-refractivity contribution in [1.82, 2.24) is 4.31 Å². The molecular weight excluding hydrogens is 330 g/mol. The van der Waals surface area contributed by atoms with Crippen LogP contribution < -0.4 is 0 Å². The van der Waals surface area contributed by atoms with Gasteiger partial charge < -0.3 is 4.74 Å². The maximum Gasteiger partial charge on any atom is 0.321 e. The number of sulfonamides is 1. The molecule has 17 heavy (non-hydrogen) atoms. The van der Waals surface area contributed by atoms with Crippen molar-refractivity contribution in [3.63, 3.8) is 0 Å². The van der Waals surface area contributed by atoms with Gasteiger partial charge in [-0.3, -0.25) is 4.79 Å². The van der Waals surface area contributed by atoms with Gasteiger partial charge in [0.1, 0.15) is 10.8 Å². The molecule has 0 radical (unpaired) electrons. The van der Waals surface area contributed by atoms with Crippen LogP contribution in [0, 0.1) is 0 Å². The van der Waals surface area contributed by atoms with Crippen molar-refractivity contribution >= 4 is 43.3 Å². The number of thiophene rings is 1. The summed E-state index contributed by atoms with van der Waals surface area (Å²) in [7, 11) is -2.29. The van der Waals surface area contributed by atoms with Crippen molar-refractivity contribution in [2.45, 2.75) is 11.1 Å². The van der Waals surface area contributed by atoms with E-state index in [0.29, 0.717) is 4.47 Å². The van der Waals surface area contributed by atoms with Gasteiger partial charge in [0.2, 0.25) is 0 Å². The molecule has 0 fully saturated rings. The monoisotopic (exact) mass is 341 g/mol. The number of hydrogen-bond donors (Lipinski definition) is 0. The Morgan fingerprint density at radius 1 is 1.59 bits per heavy atom. The average Bonchev–Trinajstić information content (AvgIpc) is 2.65. The summed E-state index contributed by atoms with van der Waals surface area (Å²) in [6, 6.07) is 1.65. The van der Waals surface area contributed by atoms with Crippen molar-refractivity contribution in [1.29, 1.82) is 0 Å². The molecule has 0 aliphatic rings. The summed E-state index contributed by atoms with van der Waals surface area (Å²) in [5, 5.41) is 1.66. The zero-order valence-electron chi connectivity index (χ0n) is 9.34. The molecule has 1 aromatic rings. The number of nitrogens with zero attached hydrogens (tertiary/aromatic N) is 1. The van der Waals surface area contributed by atoms with Crippen LogP contribution in [0.25, 0.3) is 0 Å². The van der Waals surface area contributed by atoms with Crippen molar-refractivity contribution in [2.75, 3.05) is 20.2 Å². The SMILES string of the molecule is CCOC(=O)CN(C)S(=O)(=O)c1sccc1Br. The fourth-order valence-electron chi connectivity index (χ4n) is 1.08. The summed E-state index contributed by atoms with van der Waals surface area (Å²) < 4.78 is 30.5. The van der Waals surface area contributed by atoms with Gasteiger partial charge in [0.25, 0.3) is 10.0 Å². The van der Waals surface area contributed by atoms with Gasteiger partial charge in [0, 0.05) is 11.5 Å². The van der Waals surface area contributed by atoms with Gasteiger partial charge in [-0.1, -0.05) is 0 Å². The molecule has 0 spiro atoms. The van der Waals surface area contributed by atoms with Gasteiger partial charge in [0.15, 0.2) is 0 Å². The van der Waals surface area contributed by atoms with E-state index in [-0.39, 0.29) is 17.4 Å². The van der Waals surface area contributed by atoms with E-state index < -0.39 is 16.0 Å². The van der Waals surface area contributed by atoms with Gasteiger partial charge in [-0.25, -0.2) is 8.42 Å². The van der Waals surface area contributed by atoms with Gasteiger partial charge in [-0.15, -0.1) is 11.3 Å². The number of hydrogen-bond acceptors (Lipinski definition) is 5. The minimum atomic E-state index is -3.64. The van der Waals surface area contributed by atoms with Crippen LogP contribution in [-0.2, 0) is 19.6 Å². The van der Waals surface area contributed by atoms with Crippen LogP contribution in [0.2, 0.25) is 0 Å². The lowest BCUT2D eigenvalue weighted by Gasteiger charge is -2.15. The predicted molar refractivity (Wildman–Crippen MR) is 68.5 cm³/mol. The van der Waals surface area contributed by atoms with Crippen LogP contribution >= 0.6 is 27.3 Å². The highest BCUT2D eigenvalue weighted by Crippen LogP contribution is 2.29. The molecule has 0 atom stereocenters. The Labute approximate surface area is 113 Å². The van der Waals surface area contributed by atoms with Gasteiger partial charge in [-0.05, 0) is 34.3 Å². The molecule has 0 bridgehead atoms. The topological polar surface area (TPSA) is 63.7 Å². The standard InChI is InChI=1S/C9H12BrNO4S2/c1-3-15-8(12)6-11(2)17(13,14)9-7(10)4-5-16-9/h4-5H,3,6H2,1-2H3. The van der Waals surface area contributed by atoms with E-state index in [2.05, 4.69) is 15.9 Å². The van der Waals surface area contributed by atoms with Crippen LogP contribution in [0.15, 0.2) is 20.1 Å². The predicted octanol–water partition coefficient (Wildman–Crippen LogP) is 1.69. The number of rotatable bonds is 5. The molecule has 0 N–H and O–H groups in total. The zero-order chi connectivity index (χ0) is 13.1. The Morgan fingerprint density at radius 3 is 2.71 bits per heavy atom. The Bertz CT molecular complexity index is 497. The van der Waals surface area contributed by atoms with Gasteiger partial charge in [0.05, 0.1) is 6.61 Å². The summed E-state index contributed by atoms with van der Waals surface area (Å²) >= 11 is 4.25. The molecular formula is C9H12BrNO4S2. The number of carbonyl (C=O) groups excluding carboxylic acids is 1. The Kier molecular flexibility index (Phi) is 5.11. The maximum absolute atomic E-state index is 12.1. The van der Waals surface area contributed by atoms with Crippen molar-refractivity contribution in [3.8, 4) is 0 Å². The second-order valence-electron chi connectivity index (χ2n) is 3.12. The minimum absolute atomic E-state index is 0.185. The summed E-state index contributed by atoms with van der Waals surface area (Å²) in [5.74, 6) is -0.564. The highest BCUT2D eigenvalue weighted by Gasteiger charge is 2.26. The number of likely N-dealkylation sites (N-methyl/N-ethyl adjacent to an activating group) is 1. The quantitative estimate of drug-likeness (QED) is 0.764. The normalized spacial score (nSPS) is 11.8. The summed E-state index contributed by atoms with van der Waals surface area (Å²) in [6.45, 7) is 1.61. The lowest BCUT2D eigenvalue weighted by molar-refractivity contribution is -0.143. The first-order valence-corrected chi connectivity index (χ1v) is 7.85. The summed E-state index contributed by atoms with van der Waals surface area (Å²) in [4.78, 5) is 11.2. The molecule has 0 unspecified atom stereocenters. The molecule has 1 heterocycles. The fraction of sp³-hybridized carbons (Fsp3) is 0.444. The number of carbonyl (C=O) groups is 1. The van der Waals surface area contributed by atoms with Crippen LogP contribution in [-0.4, -0.2) is 38.9 Å². The maximum atomic E-state index is 12.1. The molecule has 0 saturated carbocycles. The van der Waals surface area contributed by atoms with E-state index in [4.69, 9.17) is 4.74 Å². The first-order valence-electron chi connectivity index (χ1n) is 4.74. The molecule has 1 aromatic heterocycles. The van der Waals surface area contributed by atoms with Crippen molar-refractivity contribution in [2.24, 2.45) is 0 Å². The average molecular weight is 342 g/mol. The van der Waals surface area contributed by atoms with E-state index in [9.17, 15) is 13.2 Å². The van der Waals surface area contributed by atoms with Crippen LogP contribution in [0.3, 0.4) is 0 Å². The molecule has 0 aliphatic heterocycles. The largest absolute Gasteiger partial charge is 0.465 e. The molecule has 96 valence electrons. The highest BCUT2D eigenvalue weighted by molar-refractivity contribution is 9.10. The minimum Gasteiger partial charge on any atom is -0.465 e. The molecule has 0 saturated heterocycles. The molecule has 0 aliphatic carbocycles. The summed E-state index contributed by atoms with van der Waals surface area (Å²) in [6.07, 6.45) is 0. The first-order chi connectivity index (χ1) is 7.89. The lowest BCUT2D eigenvalue weighted by atomic mass is 10.6. The van der Waals surface area contributed by atoms with Crippen LogP contribution in [0.4, 0.5) is 0 Å². The van der Waals surface area contributed by atoms with E-state index in [1.807, 2.05) is 0 Å². The second-order valence-corrected chi connectivity index (χ2v) is 7.13. The first kappa shape index (κ1) is 14.6. The van der Waals surface area contributed by atoms with Gasteiger partial charge in [-0.2, -0.15) is 4.31 Å². The highest BCUT2D eigenvalue weighted by atomic mass is 79.9. The van der Waals surface area contributed by atoms with Gasteiger partial charge >= 0.3 is 5.97 Å². The number of esters is 1. The third-order valence-corrected chi connectivity index (χ3v) is 6.34. The molecule has 1 rings (SSSR count). The third-order valence-electron chi connectivity index (χ3n) is 1.89. The van der Waals surface area contributed by atoms with Crippen molar-refractivity contribution in [3.05, 3.63) is 15.9 Å². The van der Waals surface area contributed by atoms with E-state index in [1.165, 1.54) is 7.05 Å². The van der Waals surface area contributed by atoms with Crippen LogP contribution in [0.1, 0.15) is 6.92 Å². The second kappa shape index (κ2) is 5.94. The Balaban J connectivity index is 2.85. The Hall–Kier alpha value is -0.440. The van der Waals surface area contributed by atoms with E-state index in [0.717, 1.165) is 15.6 Å². The third kappa shape index (κ3) is 3.51. The number of ether oxygens (including phenoxy) is 1. The molecule has 8 heteroatoms. The van der Waals surface area contributed by atoms with Crippen LogP contribution in [0.5, 0.6) is 0 Å². The van der Waals surface area contributed by atoms with Crippen molar-refractivity contribution < 1.29 is 17.9 Å². The molecule has 0 aromatic carbocycles. The van der Waals surface area contributed by atoms with E-state index >= 15 is 0 Å². The fourth-order valence-corrected chi connectivity index (χ4v) is 4.70. The Morgan fingerprint density at radius 2 is 2.24 bits per heavy atom.